The van der Waals surface area contributed by atoms with Gasteiger partial charge in [0.05, 0.1) is 5.92 Å². The number of nitrogens with zero attached hydrogens (tertiary/aromatic N) is 1. The normalized spacial score (nSPS) is 28.2. The molecule has 2 aliphatic rings. The van der Waals surface area contributed by atoms with Gasteiger partial charge in [0, 0.05) is 19.0 Å². The Labute approximate surface area is 122 Å². The molecule has 112 valence electrons. The highest BCUT2D eigenvalue weighted by Crippen LogP contribution is 2.48. The van der Waals surface area contributed by atoms with Gasteiger partial charge in [0.1, 0.15) is 5.82 Å². The average Bonchev–Trinajstić information content (AvgIpc) is 3.28. The summed E-state index contributed by atoms with van der Waals surface area (Å²) in [5.74, 6) is -1.40. The molecule has 1 amide bonds. The zero-order valence-electron chi connectivity index (χ0n) is 11.7. The molecule has 1 saturated heterocycles. The molecule has 4 nitrogen and oxygen atoms in total. The van der Waals surface area contributed by atoms with E-state index in [-0.39, 0.29) is 23.6 Å². The number of amides is 1. The van der Waals surface area contributed by atoms with E-state index in [1.807, 2.05) is 0 Å². The molecular weight excluding hydrogens is 273 g/mol. The number of likely N-dealkylation sites (tertiary alicyclic amines) is 1. The fraction of sp³-hybridized carbons (Fsp3) is 0.500. The first-order valence-electron chi connectivity index (χ1n) is 7.33. The van der Waals surface area contributed by atoms with Crippen LogP contribution in [0.4, 0.5) is 4.39 Å². The quantitative estimate of drug-likeness (QED) is 0.929. The number of carbonyl (C=O) groups excluding carboxylic acids is 1. The van der Waals surface area contributed by atoms with E-state index in [4.69, 9.17) is 5.11 Å². The van der Waals surface area contributed by atoms with Crippen molar-refractivity contribution in [2.45, 2.75) is 25.2 Å². The Bertz CT molecular complexity index is 557. The largest absolute Gasteiger partial charge is 0.481 e. The first kappa shape index (κ1) is 14.0. The van der Waals surface area contributed by atoms with Crippen LogP contribution >= 0.6 is 0 Å². The van der Waals surface area contributed by atoms with Crippen molar-refractivity contribution in [2.75, 3.05) is 13.1 Å². The number of hydrogen-bond donors (Lipinski definition) is 1. The molecule has 1 heterocycles. The van der Waals surface area contributed by atoms with Gasteiger partial charge in [0.2, 0.25) is 5.91 Å². The maximum Gasteiger partial charge on any atom is 0.308 e. The van der Waals surface area contributed by atoms with Gasteiger partial charge in [-0.25, -0.2) is 4.39 Å². The monoisotopic (exact) mass is 291 g/mol. The van der Waals surface area contributed by atoms with E-state index in [0.29, 0.717) is 19.5 Å². The molecule has 1 N–H and O–H groups in total. The van der Waals surface area contributed by atoms with Gasteiger partial charge in [-0.2, -0.15) is 0 Å². The number of piperidine rings is 1. The zero-order chi connectivity index (χ0) is 15.0. The van der Waals surface area contributed by atoms with Crippen molar-refractivity contribution in [3.8, 4) is 0 Å². The summed E-state index contributed by atoms with van der Waals surface area (Å²) in [5, 5.41) is 9.07. The van der Waals surface area contributed by atoms with E-state index >= 15 is 0 Å². The molecule has 0 radical (unpaired) electrons. The van der Waals surface area contributed by atoms with Crippen LogP contribution in [0.3, 0.4) is 0 Å². The van der Waals surface area contributed by atoms with E-state index in [9.17, 15) is 14.0 Å². The molecule has 1 aliphatic carbocycles. The third-order valence-corrected chi connectivity index (χ3v) is 4.49. The smallest absolute Gasteiger partial charge is 0.308 e. The summed E-state index contributed by atoms with van der Waals surface area (Å²) in [6.45, 7) is 0.968. The lowest BCUT2D eigenvalue weighted by Crippen LogP contribution is -2.43. The molecule has 0 bridgehead atoms. The van der Waals surface area contributed by atoms with E-state index in [0.717, 1.165) is 18.4 Å². The second-order valence-electron chi connectivity index (χ2n) is 5.96. The third kappa shape index (κ3) is 2.91. The lowest BCUT2D eigenvalue weighted by molar-refractivity contribution is -0.146. The van der Waals surface area contributed by atoms with Crippen molar-refractivity contribution in [1.29, 1.82) is 0 Å². The van der Waals surface area contributed by atoms with Crippen molar-refractivity contribution >= 4 is 11.9 Å². The summed E-state index contributed by atoms with van der Waals surface area (Å²) in [7, 11) is 0. The van der Waals surface area contributed by atoms with Crippen LogP contribution < -0.4 is 0 Å². The molecule has 3 atom stereocenters. The Hall–Kier alpha value is -1.91. The van der Waals surface area contributed by atoms with Crippen LogP contribution in [0.25, 0.3) is 0 Å². The third-order valence-electron chi connectivity index (χ3n) is 4.49. The first-order valence-corrected chi connectivity index (χ1v) is 7.33. The summed E-state index contributed by atoms with van der Waals surface area (Å²) in [5.41, 5.74) is 0.988. The Kier molecular flexibility index (Phi) is 3.66. The summed E-state index contributed by atoms with van der Waals surface area (Å²) in [6.07, 6.45) is 2.17. The van der Waals surface area contributed by atoms with Crippen LogP contribution in [0.5, 0.6) is 0 Å². The van der Waals surface area contributed by atoms with Crippen LogP contribution in [-0.2, 0) is 9.59 Å². The van der Waals surface area contributed by atoms with Crippen molar-refractivity contribution < 1.29 is 19.1 Å². The van der Waals surface area contributed by atoms with Gasteiger partial charge in [0.15, 0.2) is 0 Å². The standard InChI is InChI=1S/C16H18FNO3/c17-12-5-3-10(4-6-12)13-8-14(13)15(19)18-7-1-2-11(9-18)16(20)21/h3-6,11,13-14H,1-2,7-9H2,(H,20,21)/t11-,13-,14+/m1/s1. The van der Waals surface area contributed by atoms with Gasteiger partial charge in [-0.15, -0.1) is 0 Å². The fourth-order valence-corrected chi connectivity index (χ4v) is 3.16. The summed E-state index contributed by atoms with van der Waals surface area (Å²) in [6, 6.07) is 6.28. The van der Waals surface area contributed by atoms with Crippen molar-refractivity contribution in [3.05, 3.63) is 35.6 Å². The molecule has 0 unspecified atom stereocenters. The maximum atomic E-state index is 12.9. The Morgan fingerprint density at radius 1 is 1.24 bits per heavy atom. The number of carbonyl (C=O) groups is 2. The summed E-state index contributed by atoms with van der Waals surface area (Å²) >= 11 is 0. The van der Waals surface area contributed by atoms with Crippen LogP contribution in [0, 0.1) is 17.7 Å². The number of carboxylic acids is 1. The van der Waals surface area contributed by atoms with E-state index in [1.54, 1.807) is 17.0 Å². The fourth-order valence-electron chi connectivity index (χ4n) is 3.16. The lowest BCUT2D eigenvalue weighted by Gasteiger charge is -2.31. The van der Waals surface area contributed by atoms with Crippen molar-refractivity contribution in [2.24, 2.45) is 11.8 Å². The summed E-state index contributed by atoms with van der Waals surface area (Å²) < 4.78 is 12.9. The average molecular weight is 291 g/mol. The summed E-state index contributed by atoms with van der Waals surface area (Å²) in [4.78, 5) is 25.2. The number of benzene rings is 1. The minimum atomic E-state index is -0.821. The zero-order valence-corrected chi connectivity index (χ0v) is 11.7. The predicted octanol–water partition coefficient (Wildman–Crippen LogP) is 2.25. The van der Waals surface area contributed by atoms with Gasteiger partial charge in [-0.1, -0.05) is 12.1 Å². The molecule has 2 fully saturated rings. The Balaban J connectivity index is 1.62. The molecule has 0 aromatic heterocycles. The molecule has 0 spiro atoms. The van der Waals surface area contributed by atoms with Gasteiger partial charge in [-0.3, -0.25) is 9.59 Å². The van der Waals surface area contributed by atoms with Crippen molar-refractivity contribution in [3.63, 3.8) is 0 Å². The topological polar surface area (TPSA) is 57.6 Å². The second-order valence-corrected chi connectivity index (χ2v) is 5.96. The van der Waals surface area contributed by atoms with Crippen LogP contribution in [0.15, 0.2) is 24.3 Å². The van der Waals surface area contributed by atoms with Gasteiger partial charge >= 0.3 is 5.97 Å². The molecule has 3 rings (SSSR count). The number of hydrogen-bond acceptors (Lipinski definition) is 2. The first-order chi connectivity index (χ1) is 10.1. The lowest BCUT2D eigenvalue weighted by atomic mass is 9.97. The minimum Gasteiger partial charge on any atom is -0.481 e. The minimum absolute atomic E-state index is 0.0512. The second kappa shape index (κ2) is 5.47. The van der Waals surface area contributed by atoms with Gasteiger partial charge < -0.3 is 10.0 Å². The molecule has 1 aliphatic heterocycles. The number of rotatable bonds is 3. The molecular formula is C16H18FNO3. The highest BCUT2D eigenvalue weighted by atomic mass is 19.1. The Morgan fingerprint density at radius 3 is 2.62 bits per heavy atom. The van der Waals surface area contributed by atoms with Gasteiger partial charge in [0.25, 0.3) is 0 Å². The Morgan fingerprint density at radius 2 is 1.95 bits per heavy atom. The molecule has 1 aromatic rings. The molecule has 5 heteroatoms. The molecule has 21 heavy (non-hydrogen) atoms. The number of carboxylic acid groups (broad SMARTS) is 1. The molecule has 1 aromatic carbocycles. The predicted molar refractivity (Wildman–Crippen MR) is 74.2 cm³/mol. The molecule has 1 saturated carbocycles. The van der Waals surface area contributed by atoms with E-state index in [1.165, 1.54) is 12.1 Å². The highest BCUT2D eigenvalue weighted by molar-refractivity contribution is 5.84. The SMILES string of the molecule is O=C(O)[C@@H]1CCCN(C(=O)[C@H]2C[C@@H]2c2ccc(F)cc2)C1. The van der Waals surface area contributed by atoms with Crippen LogP contribution in [0.1, 0.15) is 30.7 Å². The van der Waals surface area contributed by atoms with Crippen molar-refractivity contribution in [1.82, 2.24) is 4.90 Å². The maximum absolute atomic E-state index is 12.9. The van der Waals surface area contributed by atoms with Crippen LogP contribution in [-0.4, -0.2) is 35.0 Å². The van der Waals surface area contributed by atoms with Crippen LogP contribution in [0.2, 0.25) is 0 Å². The highest BCUT2D eigenvalue weighted by Gasteiger charge is 2.46. The van der Waals surface area contributed by atoms with Gasteiger partial charge in [-0.05, 0) is 42.9 Å². The number of halogens is 1. The van der Waals surface area contributed by atoms with E-state index in [2.05, 4.69) is 0 Å². The van der Waals surface area contributed by atoms with E-state index < -0.39 is 11.9 Å². The number of aliphatic carboxylic acids is 1.